The molecule has 0 aliphatic heterocycles. The van der Waals surface area contributed by atoms with Crippen LogP contribution in [0, 0.1) is 0 Å². The zero-order valence-electron chi connectivity index (χ0n) is 9.70. The quantitative estimate of drug-likeness (QED) is 0.777. The van der Waals surface area contributed by atoms with Crippen molar-refractivity contribution in [1.29, 1.82) is 0 Å². The van der Waals surface area contributed by atoms with Gasteiger partial charge in [-0.3, -0.25) is 0 Å². The standard InChI is InChI=1S/C13H21NO/c1-3-5-13(14)11-6-8-12(9-7-11)15-10-4-2/h6-9,13H,3-5,10,14H2,1-2H3. The van der Waals surface area contributed by atoms with Gasteiger partial charge in [-0.2, -0.15) is 0 Å². The van der Waals surface area contributed by atoms with E-state index in [2.05, 4.69) is 26.0 Å². The molecule has 0 bridgehead atoms. The molecule has 1 aromatic carbocycles. The highest BCUT2D eigenvalue weighted by atomic mass is 16.5. The van der Waals surface area contributed by atoms with Gasteiger partial charge in [-0.1, -0.05) is 32.4 Å². The van der Waals surface area contributed by atoms with E-state index < -0.39 is 0 Å². The number of nitrogens with two attached hydrogens (primary N) is 1. The predicted molar refractivity (Wildman–Crippen MR) is 64.1 cm³/mol. The van der Waals surface area contributed by atoms with Crippen molar-refractivity contribution in [2.45, 2.75) is 39.2 Å². The van der Waals surface area contributed by atoms with Gasteiger partial charge >= 0.3 is 0 Å². The first-order valence-corrected chi connectivity index (χ1v) is 5.76. The van der Waals surface area contributed by atoms with Gasteiger partial charge in [0, 0.05) is 6.04 Å². The maximum absolute atomic E-state index is 6.01. The Bertz CT molecular complexity index is 268. The van der Waals surface area contributed by atoms with Gasteiger partial charge in [0.2, 0.25) is 0 Å². The molecule has 2 heteroatoms. The third kappa shape index (κ3) is 3.92. The molecule has 0 spiro atoms. The monoisotopic (exact) mass is 207 g/mol. The summed E-state index contributed by atoms with van der Waals surface area (Å²) in [6.07, 6.45) is 3.20. The van der Waals surface area contributed by atoms with Gasteiger partial charge < -0.3 is 10.5 Å². The highest BCUT2D eigenvalue weighted by molar-refractivity contribution is 5.28. The maximum atomic E-state index is 6.01. The molecule has 0 aliphatic rings. The van der Waals surface area contributed by atoms with Crippen molar-refractivity contribution in [3.05, 3.63) is 29.8 Å². The fourth-order valence-electron chi connectivity index (χ4n) is 1.51. The first-order chi connectivity index (χ1) is 7.27. The topological polar surface area (TPSA) is 35.2 Å². The van der Waals surface area contributed by atoms with Crippen LogP contribution in [0.1, 0.15) is 44.7 Å². The molecule has 0 fully saturated rings. The fraction of sp³-hybridized carbons (Fsp3) is 0.538. The molecule has 0 radical (unpaired) electrons. The second kappa shape index (κ2) is 6.46. The van der Waals surface area contributed by atoms with Crippen molar-refractivity contribution in [3.8, 4) is 5.75 Å². The van der Waals surface area contributed by atoms with Crippen molar-refractivity contribution in [2.24, 2.45) is 5.73 Å². The first-order valence-electron chi connectivity index (χ1n) is 5.76. The Labute approximate surface area is 92.4 Å². The van der Waals surface area contributed by atoms with Gasteiger partial charge in [0.05, 0.1) is 6.61 Å². The largest absolute Gasteiger partial charge is 0.494 e. The molecule has 1 atom stereocenters. The minimum Gasteiger partial charge on any atom is -0.494 e. The molecule has 1 rings (SSSR count). The minimum absolute atomic E-state index is 0.162. The van der Waals surface area contributed by atoms with E-state index in [1.807, 2.05) is 12.1 Å². The third-order valence-corrected chi connectivity index (χ3v) is 2.38. The predicted octanol–water partition coefficient (Wildman–Crippen LogP) is 3.28. The van der Waals surface area contributed by atoms with Crippen molar-refractivity contribution >= 4 is 0 Å². The summed E-state index contributed by atoms with van der Waals surface area (Å²) in [4.78, 5) is 0. The molecule has 0 aromatic heterocycles. The Balaban J connectivity index is 2.55. The third-order valence-electron chi connectivity index (χ3n) is 2.38. The van der Waals surface area contributed by atoms with Gasteiger partial charge in [-0.25, -0.2) is 0 Å². The van der Waals surface area contributed by atoms with E-state index in [9.17, 15) is 0 Å². The Hall–Kier alpha value is -1.02. The van der Waals surface area contributed by atoms with Gasteiger partial charge in [0.25, 0.3) is 0 Å². The lowest BCUT2D eigenvalue weighted by molar-refractivity contribution is 0.317. The molecule has 0 aliphatic carbocycles. The van der Waals surface area contributed by atoms with E-state index in [1.165, 1.54) is 5.56 Å². The van der Waals surface area contributed by atoms with Crippen LogP contribution in [0.4, 0.5) is 0 Å². The van der Waals surface area contributed by atoms with Crippen LogP contribution in [-0.2, 0) is 0 Å². The second-order valence-electron chi connectivity index (χ2n) is 3.81. The van der Waals surface area contributed by atoms with E-state index in [0.29, 0.717) is 0 Å². The van der Waals surface area contributed by atoms with Gasteiger partial charge in [-0.15, -0.1) is 0 Å². The van der Waals surface area contributed by atoms with Crippen LogP contribution < -0.4 is 10.5 Å². The molecule has 15 heavy (non-hydrogen) atoms. The molecular weight excluding hydrogens is 186 g/mol. The van der Waals surface area contributed by atoms with E-state index in [0.717, 1.165) is 31.6 Å². The van der Waals surface area contributed by atoms with E-state index in [4.69, 9.17) is 10.5 Å². The van der Waals surface area contributed by atoms with Crippen LogP contribution in [0.5, 0.6) is 5.75 Å². The lowest BCUT2D eigenvalue weighted by Gasteiger charge is -2.11. The molecule has 1 unspecified atom stereocenters. The highest BCUT2D eigenvalue weighted by Crippen LogP contribution is 2.19. The summed E-state index contributed by atoms with van der Waals surface area (Å²) >= 11 is 0. The Morgan fingerprint density at radius 3 is 2.33 bits per heavy atom. The SMILES string of the molecule is CCCOc1ccc(C(N)CCC)cc1. The lowest BCUT2D eigenvalue weighted by atomic mass is 10.0. The number of rotatable bonds is 6. The molecule has 0 heterocycles. The zero-order chi connectivity index (χ0) is 11.1. The molecule has 84 valence electrons. The number of ether oxygens (including phenoxy) is 1. The summed E-state index contributed by atoms with van der Waals surface area (Å²) in [7, 11) is 0. The van der Waals surface area contributed by atoms with Gasteiger partial charge in [-0.05, 0) is 30.5 Å². The summed E-state index contributed by atoms with van der Waals surface area (Å²) < 4.78 is 5.51. The van der Waals surface area contributed by atoms with E-state index in [-0.39, 0.29) is 6.04 Å². The van der Waals surface area contributed by atoms with E-state index in [1.54, 1.807) is 0 Å². The fourth-order valence-corrected chi connectivity index (χ4v) is 1.51. The summed E-state index contributed by atoms with van der Waals surface area (Å²) in [5.41, 5.74) is 7.21. The maximum Gasteiger partial charge on any atom is 0.119 e. The number of benzene rings is 1. The first kappa shape index (κ1) is 12.1. The Kier molecular flexibility index (Phi) is 5.19. The molecule has 1 aromatic rings. The summed E-state index contributed by atoms with van der Waals surface area (Å²) in [6.45, 7) is 5.03. The lowest BCUT2D eigenvalue weighted by Crippen LogP contribution is -2.09. The van der Waals surface area contributed by atoms with Crippen LogP contribution in [-0.4, -0.2) is 6.61 Å². The zero-order valence-corrected chi connectivity index (χ0v) is 9.70. The second-order valence-corrected chi connectivity index (χ2v) is 3.81. The molecule has 2 N–H and O–H groups in total. The Morgan fingerprint density at radius 1 is 1.13 bits per heavy atom. The van der Waals surface area contributed by atoms with Gasteiger partial charge in [0.1, 0.15) is 5.75 Å². The van der Waals surface area contributed by atoms with Gasteiger partial charge in [0.15, 0.2) is 0 Å². The van der Waals surface area contributed by atoms with Crippen molar-refractivity contribution < 1.29 is 4.74 Å². The summed E-state index contributed by atoms with van der Waals surface area (Å²) in [5, 5.41) is 0. The normalized spacial score (nSPS) is 12.5. The highest BCUT2D eigenvalue weighted by Gasteiger charge is 2.04. The van der Waals surface area contributed by atoms with Crippen LogP contribution in [0.15, 0.2) is 24.3 Å². The summed E-state index contributed by atoms with van der Waals surface area (Å²) in [6, 6.07) is 8.28. The van der Waals surface area contributed by atoms with E-state index >= 15 is 0 Å². The molecule has 0 saturated heterocycles. The molecular formula is C13H21NO. The summed E-state index contributed by atoms with van der Waals surface area (Å²) in [5.74, 6) is 0.935. The van der Waals surface area contributed by atoms with Crippen LogP contribution >= 0.6 is 0 Å². The Morgan fingerprint density at radius 2 is 1.80 bits per heavy atom. The molecule has 0 saturated carbocycles. The van der Waals surface area contributed by atoms with Crippen LogP contribution in [0.3, 0.4) is 0 Å². The average molecular weight is 207 g/mol. The van der Waals surface area contributed by atoms with Crippen molar-refractivity contribution in [2.75, 3.05) is 6.61 Å². The van der Waals surface area contributed by atoms with Crippen molar-refractivity contribution in [1.82, 2.24) is 0 Å². The average Bonchev–Trinajstić information content (AvgIpc) is 2.27. The minimum atomic E-state index is 0.162. The van der Waals surface area contributed by atoms with Crippen LogP contribution in [0.25, 0.3) is 0 Å². The number of hydrogen-bond acceptors (Lipinski definition) is 2. The molecule has 0 amide bonds. The molecule has 2 nitrogen and oxygen atoms in total. The smallest absolute Gasteiger partial charge is 0.119 e. The van der Waals surface area contributed by atoms with Crippen molar-refractivity contribution in [3.63, 3.8) is 0 Å². The van der Waals surface area contributed by atoms with Crippen LogP contribution in [0.2, 0.25) is 0 Å². The number of hydrogen-bond donors (Lipinski definition) is 1.